The summed E-state index contributed by atoms with van der Waals surface area (Å²) in [7, 11) is 0. The molecular formula is C11H13N3O4. The third kappa shape index (κ3) is 2.24. The van der Waals surface area contributed by atoms with Gasteiger partial charge in [0.25, 0.3) is 0 Å². The van der Waals surface area contributed by atoms with Crippen LogP contribution < -0.4 is 4.90 Å². The van der Waals surface area contributed by atoms with Gasteiger partial charge < -0.3 is 20.1 Å². The lowest BCUT2D eigenvalue weighted by atomic mass is 9.87. The van der Waals surface area contributed by atoms with E-state index in [1.807, 2.05) is 4.90 Å². The molecule has 2 heterocycles. The summed E-state index contributed by atoms with van der Waals surface area (Å²) in [4.78, 5) is 26.4. The quantitative estimate of drug-likeness (QED) is 0.636. The zero-order valence-corrected chi connectivity index (χ0v) is 9.81. The lowest BCUT2D eigenvalue weighted by molar-refractivity contribution is -0.389. The van der Waals surface area contributed by atoms with Crippen molar-refractivity contribution >= 4 is 17.5 Å². The van der Waals surface area contributed by atoms with Crippen LogP contribution in [0.2, 0.25) is 0 Å². The highest BCUT2D eigenvalue weighted by molar-refractivity contribution is 5.70. The van der Waals surface area contributed by atoms with Crippen molar-refractivity contribution in [3.63, 3.8) is 0 Å². The van der Waals surface area contributed by atoms with Gasteiger partial charge in [-0.05, 0) is 16.0 Å². The predicted octanol–water partition coefficient (Wildman–Crippen LogP) is 1.15. The molecule has 0 radical (unpaired) electrons. The molecule has 96 valence electrons. The zero-order chi connectivity index (χ0) is 13.3. The molecular weight excluding hydrogens is 238 g/mol. The van der Waals surface area contributed by atoms with Crippen molar-refractivity contribution in [3.8, 4) is 0 Å². The summed E-state index contributed by atoms with van der Waals surface area (Å²) in [6, 6.07) is 2.98. The van der Waals surface area contributed by atoms with Crippen LogP contribution in [0.1, 0.15) is 6.92 Å². The van der Waals surface area contributed by atoms with Gasteiger partial charge in [0.1, 0.15) is 0 Å². The maximum Gasteiger partial charge on any atom is 0.363 e. The summed E-state index contributed by atoms with van der Waals surface area (Å²) >= 11 is 0. The van der Waals surface area contributed by atoms with E-state index in [2.05, 4.69) is 4.98 Å². The van der Waals surface area contributed by atoms with Crippen LogP contribution in [0, 0.1) is 22.0 Å². The molecule has 2 rings (SSSR count). The first kappa shape index (κ1) is 12.3. The highest BCUT2D eigenvalue weighted by Gasteiger charge is 2.35. The molecule has 1 aliphatic rings. The largest absolute Gasteiger partial charge is 0.481 e. The standard InChI is InChI=1S/C11H13N3O4/c1-7(11(15)16)8-5-13(6-8)9-2-3-10(12-4-9)14(17)18/h2-4,7-8H,5-6H2,1H3,(H,15,16). The first-order valence-electron chi connectivity index (χ1n) is 5.57. The number of nitro groups is 1. The van der Waals surface area contributed by atoms with Crippen molar-refractivity contribution in [1.29, 1.82) is 0 Å². The molecule has 0 amide bonds. The van der Waals surface area contributed by atoms with E-state index in [0.717, 1.165) is 5.69 Å². The molecule has 18 heavy (non-hydrogen) atoms. The van der Waals surface area contributed by atoms with Gasteiger partial charge in [-0.1, -0.05) is 6.92 Å². The predicted molar refractivity (Wildman–Crippen MR) is 63.4 cm³/mol. The Morgan fingerprint density at radius 2 is 2.28 bits per heavy atom. The molecule has 7 heteroatoms. The van der Waals surface area contributed by atoms with E-state index in [9.17, 15) is 14.9 Å². The Bertz CT molecular complexity index is 468. The minimum absolute atomic E-state index is 0.123. The second kappa shape index (κ2) is 4.59. The monoisotopic (exact) mass is 251 g/mol. The van der Waals surface area contributed by atoms with Gasteiger partial charge in [-0.2, -0.15) is 0 Å². The first-order valence-corrected chi connectivity index (χ1v) is 5.57. The zero-order valence-electron chi connectivity index (χ0n) is 9.81. The molecule has 0 spiro atoms. The highest BCUT2D eigenvalue weighted by atomic mass is 16.6. The second-order valence-electron chi connectivity index (χ2n) is 4.42. The average Bonchev–Trinajstić information content (AvgIpc) is 2.27. The lowest BCUT2D eigenvalue weighted by Gasteiger charge is -2.42. The van der Waals surface area contributed by atoms with E-state index in [4.69, 9.17) is 5.11 Å². The van der Waals surface area contributed by atoms with Crippen LogP contribution in [0.5, 0.6) is 0 Å². The summed E-state index contributed by atoms with van der Waals surface area (Å²) in [5, 5.41) is 19.3. The molecule has 0 saturated carbocycles. The van der Waals surface area contributed by atoms with Gasteiger partial charge in [0.15, 0.2) is 6.20 Å². The van der Waals surface area contributed by atoms with Crippen LogP contribution in [0.3, 0.4) is 0 Å². The van der Waals surface area contributed by atoms with E-state index in [-0.39, 0.29) is 17.7 Å². The third-order valence-electron chi connectivity index (χ3n) is 3.29. The van der Waals surface area contributed by atoms with Gasteiger partial charge >= 0.3 is 11.8 Å². The molecule has 1 N–H and O–H groups in total. The van der Waals surface area contributed by atoms with Gasteiger partial charge in [-0.25, -0.2) is 0 Å². The molecule has 1 unspecified atom stereocenters. The molecule has 1 aliphatic heterocycles. The third-order valence-corrected chi connectivity index (χ3v) is 3.29. The van der Waals surface area contributed by atoms with Gasteiger partial charge in [-0.15, -0.1) is 0 Å². The van der Waals surface area contributed by atoms with E-state index >= 15 is 0 Å². The van der Waals surface area contributed by atoms with Crippen molar-refractivity contribution < 1.29 is 14.8 Å². The fraction of sp³-hybridized carbons (Fsp3) is 0.455. The molecule has 1 saturated heterocycles. The number of aromatic nitrogens is 1. The van der Waals surface area contributed by atoms with E-state index < -0.39 is 10.9 Å². The number of pyridine rings is 1. The molecule has 0 bridgehead atoms. The molecule has 0 aromatic carbocycles. The maximum absolute atomic E-state index is 10.8. The first-order chi connectivity index (χ1) is 8.49. The van der Waals surface area contributed by atoms with Crippen LogP contribution in [0.4, 0.5) is 11.5 Å². The SMILES string of the molecule is CC(C(=O)O)C1CN(c2ccc([N+](=O)[O-])nc2)C1. The van der Waals surface area contributed by atoms with Crippen LogP contribution in [-0.2, 0) is 4.79 Å². The number of hydrogen-bond donors (Lipinski definition) is 1. The Labute approximate surface area is 103 Å². The number of anilines is 1. The van der Waals surface area contributed by atoms with Crippen LogP contribution in [-0.4, -0.2) is 34.1 Å². The van der Waals surface area contributed by atoms with Gasteiger partial charge in [0.2, 0.25) is 0 Å². The smallest absolute Gasteiger partial charge is 0.363 e. The number of rotatable bonds is 4. The summed E-state index contributed by atoms with van der Waals surface area (Å²) in [5.74, 6) is -1.22. The van der Waals surface area contributed by atoms with Gasteiger partial charge in [-0.3, -0.25) is 4.79 Å². The van der Waals surface area contributed by atoms with Crippen molar-refractivity contribution in [2.45, 2.75) is 6.92 Å². The maximum atomic E-state index is 10.8. The fourth-order valence-electron chi connectivity index (χ4n) is 1.91. The van der Waals surface area contributed by atoms with Crippen molar-refractivity contribution in [2.24, 2.45) is 11.8 Å². The average molecular weight is 251 g/mol. The second-order valence-corrected chi connectivity index (χ2v) is 4.42. The number of carboxylic acids is 1. The Hall–Kier alpha value is -2.18. The van der Waals surface area contributed by atoms with Crippen molar-refractivity contribution in [3.05, 3.63) is 28.4 Å². The van der Waals surface area contributed by atoms with Crippen LogP contribution in [0.15, 0.2) is 18.3 Å². The number of nitrogens with zero attached hydrogens (tertiary/aromatic N) is 3. The molecule has 7 nitrogen and oxygen atoms in total. The van der Waals surface area contributed by atoms with E-state index in [1.165, 1.54) is 12.3 Å². The highest BCUT2D eigenvalue weighted by Crippen LogP contribution is 2.29. The van der Waals surface area contributed by atoms with E-state index in [0.29, 0.717) is 13.1 Å². The molecule has 0 aliphatic carbocycles. The summed E-state index contributed by atoms with van der Waals surface area (Å²) < 4.78 is 0. The summed E-state index contributed by atoms with van der Waals surface area (Å²) in [6.45, 7) is 2.98. The fourth-order valence-corrected chi connectivity index (χ4v) is 1.91. The Morgan fingerprint density at radius 1 is 1.61 bits per heavy atom. The van der Waals surface area contributed by atoms with E-state index in [1.54, 1.807) is 13.0 Å². The number of hydrogen-bond acceptors (Lipinski definition) is 5. The molecule has 1 fully saturated rings. The Kier molecular flexibility index (Phi) is 3.14. The molecule has 1 aromatic heterocycles. The summed E-state index contributed by atoms with van der Waals surface area (Å²) in [6.07, 6.45) is 1.44. The van der Waals surface area contributed by atoms with Crippen LogP contribution >= 0.6 is 0 Å². The Morgan fingerprint density at radius 3 is 2.72 bits per heavy atom. The van der Waals surface area contributed by atoms with Crippen LogP contribution in [0.25, 0.3) is 0 Å². The van der Waals surface area contributed by atoms with Crippen molar-refractivity contribution in [2.75, 3.05) is 18.0 Å². The normalized spacial score (nSPS) is 17.1. The van der Waals surface area contributed by atoms with Gasteiger partial charge in [0.05, 0.1) is 11.6 Å². The van der Waals surface area contributed by atoms with Crippen molar-refractivity contribution in [1.82, 2.24) is 4.98 Å². The lowest BCUT2D eigenvalue weighted by Crippen LogP contribution is -2.51. The summed E-state index contributed by atoms with van der Waals surface area (Å²) in [5.41, 5.74) is 0.787. The van der Waals surface area contributed by atoms with Gasteiger partial charge in [0, 0.05) is 25.1 Å². The number of carbonyl (C=O) groups is 1. The number of aliphatic carboxylic acids is 1. The Balaban J connectivity index is 1.96. The number of carboxylic acid groups (broad SMARTS) is 1. The molecule has 1 atom stereocenters. The minimum Gasteiger partial charge on any atom is -0.481 e. The molecule has 1 aromatic rings. The topological polar surface area (TPSA) is 96.6 Å². The minimum atomic E-state index is -0.790.